The highest BCUT2D eigenvalue weighted by molar-refractivity contribution is 6.16. The van der Waals surface area contributed by atoms with Gasteiger partial charge < -0.3 is 5.21 Å². The third kappa shape index (κ3) is 10.4. The highest BCUT2D eigenvalue weighted by atomic mass is 16.4. The second-order valence-corrected chi connectivity index (χ2v) is 3.89. The third-order valence-corrected chi connectivity index (χ3v) is 2.51. The standard InChI is InChI=1S/C18H23NO.2C2H6/c1-6-11-15(10-5)17(14-9-4)18(19-20)16(12-7-2)13-8-3;2*1-2/h6-8,10-14,20H,1-2,5,9H2,3-4H3;2*1-2H3/b13-8-,15-11+,16-12+,17-14+,19-18-;;. The summed E-state index contributed by atoms with van der Waals surface area (Å²) in [6.07, 6.45) is 15.3. The molecule has 2 heteroatoms. The van der Waals surface area contributed by atoms with E-state index in [9.17, 15) is 5.21 Å². The van der Waals surface area contributed by atoms with E-state index in [1.807, 2.05) is 65.8 Å². The van der Waals surface area contributed by atoms with Crippen molar-refractivity contribution in [2.24, 2.45) is 5.16 Å². The van der Waals surface area contributed by atoms with E-state index in [1.54, 1.807) is 24.3 Å². The molecule has 0 saturated carbocycles. The zero-order chi connectivity index (χ0) is 19.4. The molecule has 0 saturated heterocycles. The van der Waals surface area contributed by atoms with E-state index in [0.29, 0.717) is 5.71 Å². The number of allylic oxidation sites excluding steroid dienone is 11. The first-order chi connectivity index (χ1) is 11.7. The highest BCUT2D eigenvalue weighted by Gasteiger charge is 2.13. The van der Waals surface area contributed by atoms with Gasteiger partial charge in [-0.3, -0.25) is 0 Å². The van der Waals surface area contributed by atoms with Crippen LogP contribution in [0.5, 0.6) is 0 Å². The van der Waals surface area contributed by atoms with Crippen molar-refractivity contribution in [3.05, 3.63) is 85.1 Å². The van der Waals surface area contributed by atoms with Crippen LogP contribution in [-0.4, -0.2) is 10.9 Å². The monoisotopic (exact) mass is 329 g/mol. The average molecular weight is 330 g/mol. The van der Waals surface area contributed by atoms with Gasteiger partial charge in [0.15, 0.2) is 0 Å². The first-order valence-electron chi connectivity index (χ1n) is 8.53. The zero-order valence-corrected chi connectivity index (χ0v) is 16.3. The van der Waals surface area contributed by atoms with Crippen LogP contribution in [0.25, 0.3) is 0 Å². The Hall–Kier alpha value is -2.35. The summed E-state index contributed by atoms with van der Waals surface area (Å²) in [5.74, 6) is 0. The van der Waals surface area contributed by atoms with E-state index >= 15 is 0 Å². The van der Waals surface area contributed by atoms with Crippen LogP contribution in [0.1, 0.15) is 48.0 Å². The van der Waals surface area contributed by atoms with E-state index in [4.69, 9.17) is 0 Å². The quantitative estimate of drug-likeness (QED) is 0.217. The maximum absolute atomic E-state index is 9.41. The molecular weight excluding hydrogens is 294 g/mol. The fourth-order valence-electron chi connectivity index (χ4n) is 1.74. The minimum atomic E-state index is 0.484. The lowest BCUT2D eigenvalue weighted by Gasteiger charge is -2.11. The van der Waals surface area contributed by atoms with Crippen molar-refractivity contribution >= 4 is 5.71 Å². The van der Waals surface area contributed by atoms with Crippen LogP contribution in [0.15, 0.2) is 90.2 Å². The molecule has 0 unspecified atom stereocenters. The maximum Gasteiger partial charge on any atom is 0.117 e. The number of rotatable bonds is 8. The normalized spacial score (nSPS) is 12.6. The van der Waals surface area contributed by atoms with E-state index in [-0.39, 0.29) is 0 Å². The van der Waals surface area contributed by atoms with Gasteiger partial charge in [-0.15, -0.1) is 0 Å². The van der Waals surface area contributed by atoms with Crippen LogP contribution < -0.4 is 0 Å². The van der Waals surface area contributed by atoms with E-state index in [0.717, 1.165) is 23.1 Å². The molecule has 134 valence electrons. The predicted molar refractivity (Wildman–Crippen MR) is 112 cm³/mol. The summed E-state index contributed by atoms with van der Waals surface area (Å²) in [4.78, 5) is 0. The fraction of sp³-hybridized carbons (Fsp3) is 0.318. The molecule has 0 aliphatic rings. The fourth-order valence-corrected chi connectivity index (χ4v) is 1.74. The summed E-state index contributed by atoms with van der Waals surface area (Å²) < 4.78 is 0. The third-order valence-electron chi connectivity index (χ3n) is 2.51. The Labute approximate surface area is 149 Å². The Balaban J connectivity index is -0.00000102. The smallest absolute Gasteiger partial charge is 0.117 e. The van der Waals surface area contributed by atoms with Gasteiger partial charge in [-0.05, 0) is 18.9 Å². The lowest BCUT2D eigenvalue weighted by molar-refractivity contribution is 0.319. The highest BCUT2D eigenvalue weighted by Crippen LogP contribution is 2.20. The van der Waals surface area contributed by atoms with Gasteiger partial charge in [0.2, 0.25) is 0 Å². The summed E-state index contributed by atoms with van der Waals surface area (Å²) in [6.45, 7) is 23.1. The Bertz CT molecular complexity index is 500. The summed E-state index contributed by atoms with van der Waals surface area (Å²) in [5, 5.41) is 12.9. The van der Waals surface area contributed by atoms with E-state index in [1.165, 1.54) is 0 Å². The summed E-state index contributed by atoms with van der Waals surface area (Å²) >= 11 is 0. The zero-order valence-electron chi connectivity index (χ0n) is 16.3. The van der Waals surface area contributed by atoms with Gasteiger partial charge in [-0.2, -0.15) is 0 Å². The number of hydrogen-bond donors (Lipinski definition) is 1. The molecule has 0 bridgehead atoms. The van der Waals surface area contributed by atoms with Gasteiger partial charge in [-0.1, -0.05) is 108 Å². The van der Waals surface area contributed by atoms with Crippen LogP contribution >= 0.6 is 0 Å². The van der Waals surface area contributed by atoms with Crippen molar-refractivity contribution < 1.29 is 5.21 Å². The van der Waals surface area contributed by atoms with Crippen molar-refractivity contribution in [3.8, 4) is 0 Å². The molecule has 0 aromatic rings. The molecule has 24 heavy (non-hydrogen) atoms. The Morgan fingerprint density at radius 1 is 0.958 bits per heavy atom. The lowest BCUT2D eigenvalue weighted by Crippen LogP contribution is -2.08. The van der Waals surface area contributed by atoms with Gasteiger partial charge in [0.05, 0.1) is 0 Å². The Kier molecular flexibility index (Phi) is 22.8. The second kappa shape index (κ2) is 20.7. The largest absolute Gasteiger partial charge is 0.410 e. The molecule has 0 atom stereocenters. The SMILES string of the molecule is C=C/C=C(\C=C/C)C(=N/O)/C(=C/CC)C(/C=C)=C/C=C.CC.CC. The molecule has 0 rings (SSSR count). The summed E-state index contributed by atoms with van der Waals surface area (Å²) in [7, 11) is 0. The second-order valence-electron chi connectivity index (χ2n) is 3.89. The van der Waals surface area contributed by atoms with Gasteiger partial charge in [-0.25, -0.2) is 0 Å². The van der Waals surface area contributed by atoms with Gasteiger partial charge in [0, 0.05) is 11.1 Å². The summed E-state index contributed by atoms with van der Waals surface area (Å²) in [5.41, 5.74) is 2.93. The molecule has 0 aromatic heterocycles. The topological polar surface area (TPSA) is 32.6 Å². The van der Waals surface area contributed by atoms with Crippen molar-refractivity contribution in [2.45, 2.75) is 48.0 Å². The van der Waals surface area contributed by atoms with Gasteiger partial charge in [0.1, 0.15) is 5.71 Å². The molecular formula is C22H35NO. The van der Waals surface area contributed by atoms with Crippen LogP contribution in [0.3, 0.4) is 0 Å². The molecule has 0 aromatic carbocycles. The Morgan fingerprint density at radius 3 is 1.79 bits per heavy atom. The van der Waals surface area contributed by atoms with Crippen LogP contribution in [0.4, 0.5) is 0 Å². The van der Waals surface area contributed by atoms with E-state index in [2.05, 4.69) is 24.9 Å². The van der Waals surface area contributed by atoms with Gasteiger partial charge in [0.25, 0.3) is 0 Å². The van der Waals surface area contributed by atoms with Crippen molar-refractivity contribution in [1.82, 2.24) is 0 Å². The molecule has 0 fully saturated rings. The van der Waals surface area contributed by atoms with Crippen molar-refractivity contribution in [3.63, 3.8) is 0 Å². The first kappa shape index (κ1) is 26.5. The predicted octanol–water partition coefficient (Wildman–Crippen LogP) is 7.19. The van der Waals surface area contributed by atoms with E-state index < -0.39 is 0 Å². The molecule has 0 radical (unpaired) electrons. The van der Waals surface area contributed by atoms with Crippen molar-refractivity contribution in [2.75, 3.05) is 0 Å². The molecule has 0 aliphatic heterocycles. The molecule has 0 amide bonds. The molecule has 1 N–H and O–H groups in total. The molecule has 2 nitrogen and oxygen atoms in total. The lowest BCUT2D eigenvalue weighted by atomic mass is 9.93. The van der Waals surface area contributed by atoms with Crippen molar-refractivity contribution in [1.29, 1.82) is 0 Å². The molecule has 0 spiro atoms. The number of oxime groups is 1. The molecule has 0 aliphatic carbocycles. The van der Waals surface area contributed by atoms with Gasteiger partial charge >= 0.3 is 0 Å². The number of nitrogens with zero attached hydrogens (tertiary/aromatic N) is 1. The van der Waals surface area contributed by atoms with Crippen LogP contribution in [0, 0.1) is 0 Å². The minimum absolute atomic E-state index is 0.484. The Morgan fingerprint density at radius 2 is 1.46 bits per heavy atom. The summed E-state index contributed by atoms with van der Waals surface area (Å²) in [6, 6.07) is 0. The number of hydrogen-bond acceptors (Lipinski definition) is 2. The first-order valence-corrected chi connectivity index (χ1v) is 8.53. The van der Waals surface area contributed by atoms with Crippen LogP contribution in [-0.2, 0) is 0 Å². The maximum atomic E-state index is 9.41. The minimum Gasteiger partial charge on any atom is -0.410 e. The molecule has 0 heterocycles. The average Bonchev–Trinajstić information content (AvgIpc) is 2.63. The van der Waals surface area contributed by atoms with Crippen LogP contribution in [0.2, 0.25) is 0 Å².